The summed E-state index contributed by atoms with van der Waals surface area (Å²) in [5.41, 5.74) is 0. The summed E-state index contributed by atoms with van der Waals surface area (Å²) < 4.78 is 0. The first kappa shape index (κ1) is 14.1. The second-order valence-corrected chi connectivity index (χ2v) is 4.67. The van der Waals surface area contributed by atoms with Crippen molar-refractivity contribution in [3.63, 3.8) is 0 Å². The Hall–Kier alpha value is -0.960. The summed E-state index contributed by atoms with van der Waals surface area (Å²) in [6.07, 6.45) is 11.7. The number of nitrogens with zero attached hydrogens (tertiary/aromatic N) is 3. The minimum atomic E-state index is 0.857. The van der Waals surface area contributed by atoms with Crippen LogP contribution in [0.1, 0.15) is 51.3 Å². The van der Waals surface area contributed by atoms with Gasteiger partial charge in [-0.2, -0.15) is 0 Å². The number of hydrogen-bond acceptors (Lipinski definition) is 3. The van der Waals surface area contributed by atoms with E-state index < -0.39 is 0 Å². The average Bonchev–Trinajstić information content (AvgIpc) is 2.35. The third kappa shape index (κ3) is 7.05. The van der Waals surface area contributed by atoms with Crippen LogP contribution in [-0.2, 0) is 6.54 Å². The van der Waals surface area contributed by atoms with Crippen LogP contribution in [-0.4, -0.2) is 28.5 Å². The van der Waals surface area contributed by atoms with Crippen molar-refractivity contribution in [1.29, 1.82) is 0 Å². The van der Waals surface area contributed by atoms with Crippen LogP contribution < -0.4 is 0 Å². The van der Waals surface area contributed by atoms with E-state index in [0.717, 1.165) is 18.9 Å². The summed E-state index contributed by atoms with van der Waals surface area (Å²) in [5, 5.41) is 0. The zero-order valence-corrected chi connectivity index (χ0v) is 11.2. The van der Waals surface area contributed by atoms with Crippen LogP contribution in [0.25, 0.3) is 0 Å². The highest BCUT2D eigenvalue weighted by Gasteiger charge is 2.01. The van der Waals surface area contributed by atoms with Gasteiger partial charge in [-0.25, -0.2) is 9.97 Å². The molecule has 17 heavy (non-hydrogen) atoms. The van der Waals surface area contributed by atoms with E-state index in [-0.39, 0.29) is 0 Å². The molecule has 0 aliphatic heterocycles. The second kappa shape index (κ2) is 9.11. The van der Waals surface area contributed by atoms with Gasteiger partial charge in [0.1, 0.15) is 5.82 Å². The van der Waals surface area contributed by atoms with E-state index in [1.807, 2.05) is 6.07 Å². The van der Waals surface area contributed by atoms with Gasteiger partial charge in [-0.1, -0.05) is 39.0 Å². The minimum Gasteiger partial charge on any atom is -0.299 e. The molecule has 0 saturated carbocycles. The van der Waals surface area contributed by atoms with E-state index in [2.05, 4.69) is 28.8 Å². The summed E-state index contributed by atoms with van der Waals surface area (Å²) in [7, 11) is 2.14. The van der Waals surface area contributed by atoms with Crippen LogP contribution in [0, 0.1) is 0 Å². The van der Waals surface area contributed by atoms with Crippen molar-refractivity contribution in [2.24, 2.45) is 0 Å². The van der Waals surface area contributed by atoms with E-state index in [9.17, 15) is 0 Å². The molecule has 3 heteroatoms. The lowest BCUT2D eigenvalue weighted by molar-refractivity contribution is 0.308. The third-order valence-corrected chi connectivity index (χ3v) is 2.92. The first-order valence-corrected chi connectivity index (χ1v) is 6.77. The lowest BCUT2D eigenvalue weighted by atomic mass is 10.1. The summed E-state index contributed by atoms with van der Waals surface area (Å²) >= 11 is 0. The van der Waals surface area contributed by atoms with Gasteiger partial charge in [0, 0.05) is 12.4 Å². The lowest BCUT2D eigenvalue weighted by Crippen LogP contribution is -2.20. The van der Waals surface area contributed by atoms with Crippen molar-refractivity contribution >= 4 is 0 Å². The molecule has 1 aromatic rings. The second-order valence-electron chi connectivity index (χ2n) is 4.67. The predicted octanol–water partition coefficient (Wildman–Crippen LogP) is 3.27. The molecule has 0 aromatic carbocycles. The molecule has 0 atom stereocenters. The first-order valence-electron chi connectivity index (χ1n) is 6.77. The molecule has 0 spiro atoms. The maximum Gasteiger partial charge on any atom is 0.142 e. The molecule has 0 unspecified atom stereocenters. The average molecular weight is 235 g/mol. The summed E-state index contributed by atoms with van der Waals surface area (Å²) in [6.45, 7) is 4.26. The lowest BCUT2D eigenvalue weighted by Gasteiger charge is -2.15. The maximum atomic E-state index is 4.23. The molecule has 3 nitrogen and oxygen atoms in total. The number of hydrogen-bond donors (Lipinski definition) is 0. The monoisotopic (exact) mass is 235 g/mol. The summed E-state index contributed by atoms with van der Waals surface area (Å²) in [5.74, 6) is 0.918. The van der Waals surface area contributed by atoms with Crippen molar-refractivity contribution in [3.05, 3.63) is 24.3 Å². The van der Waals surface area contributed by atoms with Crippen molar-refractivity contribution < 1.29 is 0 Å². The number of rotatable bonds is 9. The number of aromatic nitrogens is 2. The van der Waals surface area contributed by atoms with E-state index in [4.69, 9.17) is 0 Å². The van der Waals surface area contributed by atoms with Crippen LogP contribution in [0.3, 0.4) is 0 Å². The quantitative estimate of drug-likeness (QED) is 0.615. The largest absolute Gasteiger partial charge is 0.299 e. The maximum absolute atomic E-state index is 4.23. The molecule has 1 heterocycles. The zero-order chi connectivity index (χ0) is 12.3. The van der Waals surface area contributed by atoms with Crippen molar-refractivity contribution in [1.82, 2.24) is 14.9 Å². The fraction of sp³-hybridized carbons (Fsp3) is 0.714. The zero-order valence-electron chi connectivity index (χ0n) is 11.2. The topological polar surface area (TPSA) is 29.0 Å². The van der Waals surface area contributed by atoms with E-state index >= 15 is 0 Å². The molecule has 0 N–H and O–H groups in total. The van der Waals surface area contributed by atoms with E-state index in [1.165, 1.54) is 38.5 Å². The fourth-order valence-electron chi connectivity index (χ4n) is 1.89. The Kier molecular flexibility index (Phi) is 7.56. The van der Waals surface area contributed by atoms with Gasteiger partial charge in [-0.05, 0) is 26.1 Å². The van der Waals surface area contributed by atoms with Gasteiger partial charge in [-0.15, -0.1) is 0 Å². The summed E-state index contributed by atoms with van der Waals surface area (Å²) in [6, 6.07) is 1.86. The van der Waals surface area contributed by atoms with Gasteiger partial charge >= 0.3 is 0 Å². The molecule has 0 bridgehead atoms. The normalized spacial score (nSPS) is 11.0. The van der Waals surface area contributed by atoms with Crippen molar-refractivity contribution in [2.45, 2.75) is 52.0 Å². The Morgan fingerprint density at radius 2 is 1.65 bits per heavy atom. The Bertz CT molecular complexity index is 274. The van der Waals surface area contributed by atoms with Crippen molar-refractivity contribution in [3.8, 4) is 0 Å². The van der Waals surface area contributed by atoms with Crippen molar-refractivity contribution in [2.75, 3.05) is 13.6 Å². The molecule has 0 aliphatic carbocycles. The fourth-order valence-corrected chi connectivity index (χ4v) is 1.89. The Morgan fingerprint density at radius 3 is 2.35 bits per heavy atom. The van der Waals surface area contributed by atoms with E-state index in [1.54, 1.807) is 12.4 Å². The third-order valence-electron chi connectivity index (χ3n) is 2.92. The highest BCUT2D eigenvalue weighted by Crippen LogP contribution is 2.06. The van der Waals surface area contributed by atoms with E-state index in [0.29, 0.717) is 0 Å². The van der Waals surface area contributed by atoms with Crippen LogP contribution in [0.15, 0.2) is 18.5 Å². The Morgan fingerprint density at radius 1 is 1.00 bits per heavy atom. The smallest absolute Gasteiger partial charge is 0.142 e. The Labute approximate surface area is 105 Å². The van der Waals surface area contributed by atoms with Crippen LogP contribution >= 0.6 is 0 Å². The highest BCUT2D eigenvalue weighted by atomic mass is 15.1. The molecule has 1 rings (SSSR count). The SMILES string of the molecule is CCCCCCCCN(C)Cc1ncccn1. The standard InChI is InChI=1S/C14H25N3/c1-3-4-5-6-7-8-12-17(2)13-14-15-10-9-11-16-14/h9-11H,3-8,12-13H2,1-2H3. The Balaban J connectivity index is 2.03. The molecule has 0 radical (unpaired) electrons. The van der Waals surface area contributed by atoms with Crippen LogP contribution in [0.5, 0.6) is 0 Å². The molecule has 96 valence electrons. The van der Waals surface area contributed by atoms with Gasteiger partial charge in [0.05, 0.1) is 6.54 Å². The van der Waals surface area contributed by atoms with Gasteiger partial charge in [-0.3, -0.25) is 4.90 Å². The van der Waals surface area contributed by atoms with Crippen LogP contribution in [0.4, 0.5) is 0 Å². The first-order chi connectivity index (χ1) is 8.33. The van der Waals surface area contributed by atoms with Gasteiger partial charge in [0.15, 0.2) is 0 Å². The van der Waals surface area contributed by atoms with Crippen LogP contribution in [0.2, 0.25) is 0 Å². The summed E-state index contributed by atoms with van der Waals surface area (Å²) in [4.78, 5) is 10.8. The van der Waals surface area contributed by atoms with Gasteiger partial charge in [0.2, 0.25) is 0 Å². The molecular formula is C14H25N3. The predicted molar refractivity (Wildman–Crippen MR) is 71.7 cm³/mol. The molecule has 0 aliphatic rings. The highest BCUT2D eigenvalue weighted by molar-refractivity contribution is 4.87. The molecule has 0 saturated heterocycles. The number of unbranched alkanes of at least 4 members (excludes halogenated alkanes) is 5. The molecular weight excluding hydrogens is 210 g/mol. The molecule has 0 fully saturated rings. The minimum absolute atomic E-state index is 0.857. The van der Waals surface area contributed by atoms with Gasteiger partial charge < -0.3 is 0 Å². The molecule has 0 amide bonds. The molecule has 1 aromatic heterocycles. The van der Waals surface area contributed by atoms with Gasteiger partial charge in [0.25, 0.3) is 0 Å².